The molecule has 0 aromatic carbocycles. The summed E-state index contributed by atoms with van der Waals surface area (Å²) in [6.45, 7) is 10.8. The second-order valence-corrected chi connectivity index (χ2v) is 8.52. The van der Waals surface area contributed by atoms with Crippen LogP contribution in [-0.2, 0) is 9.59 Å². The average Bonchev–Trinajstić information content (AvgIpc) is 3.23. The van der Waals surface area contributed by atoms with Gasteiger partial charge >= 0.3 is 11.8 Å². The Bertz CT molecular complexity index is 608. The predicted molar refractivity (Wildman–Crippen MR) is 109 cm³/mol. The minimum Gasteiger partial charge on any atom is -0.343 e. The summed E-state index contributed by atoms with van der Waals surface area (Å²) in [6.07, 6.45) is 3.13. The van der Waals surface area contributed by atoms with Crippen molar-refractivity contribution in [3.05, 3.63) is 22.4 Å². The van der Waals surface area contributed by atoms with Crippen molar-refractivity contribution in [3.63, 3.8) is 0 Å². The second-order valence-electron chi connectivity index (χ2n) is 7.55. The standard InChI is InChI=1S/C20H32N4O2S/c1-3-22-11-13-23(14-12-22)18(17-8-7-15-27-17)16(2)21-19(25)20(26)24-9-5-4-6-10-24/h7-8,15-16,18H,3-6,9-14H2,1-2H3,(H,21,25)/t16-,18+/m1/s1. The number of nitrogens with zero attached hydrogens (tertiary/aromatic N) is 3. The first kappa shape index (κ1) is 20.3. The van der Waals surface area contributed by atoms with E-state index in [1.807, 2.05) is 6.92 Å². The van der Waals surface area contributed by atoms with Gasteiger partial charge in [0.1, 0.15) is 0 Å². The van der Waals surface area contributed by atoms with Gasteiger partial charge in [0, 0.05) is 50.2 Å². The molecule has 150 valence electrons. The molecule has 2 saturated heterocycles. The van der Waals surface area contributed by atoms with E-state index >= 15 is 0 Å². The number of rotatable bonds is 5. The van der Waals surface area contributed by atoms with Gasteiger partial charge in [-0.1, -0.05) is 13.0 Å². The molecule has 2 atom stereocenters. The van der Waals surface area contributed by atoms with E-state index in [0.29, 0.717) is 13.1 Å². The van der Waals surface area contributed by atoms with E-state index in [1.54, 1.807) is 16.2 Å². The monoisotopic (exact) mass is 392 g/mol. The van der Waals surface area contributed by atoms with Crippen LogP contribution in [-0.4, -0.2) is 78.4 Å². The Hall–Kier alpha value is -1.44. The van der Waals surface area contributed by atoms with E-state index in [-0.39, 0.29) is 18.0 Å². The van der Waals surface area contributed by atoms with E-state index in [0.717, 1.165) is 52.0 Å². The number of hydrogen-bond donors (Lipinski definition) is 1. The molecule has 0 saturated carbocycles. The molecule has 0 bridgehead atoms. The summed E-state index contributed by atoms with van der Waals surface area (Å²) >= 11 is 1.72. The Morgan fingerprint density at radius 1 is 1.11 bits per heavy atom. The molecule has 1 aromatic rings. The predicted octanol–water partition coefficient (Wildman–Crippen LogP) is 1.94. The number of nitrogens with one attached hydrogen (secondary N) is 1. The van der Waals surface area contributed by atoms with E-state index in [1.165, 1.54) is 4.88 Å². The van der Waals surface area contributed by atoms with E-state index in [2.05, 4.69) is 39.6 Å². The maximum absolute atomic E-state index is 12.6. The van der Waals surface area contributed by atoms with Crippen LogP contribution in [0.2, 0.25) is 0 Å². The maximum atomic E-state index is 12.6. The Morgan fingerprint density at radius 2 is 1.81 bits per heavy atom. The normalized spacial score (nSPS) is 21.6. The van der Waals surface area contributed by atoms with Gasteiger partial charge in [0.05, 0.1) is 6.04 Å². The number of piperazine rings is 1. The molecule has 1 aromatic heterocycles. The van der Waals surface area contributed by atoms with Gasteiger partial charge in [0.2, 0.25) is 0 Å². The first-order valence-corrected chi connectivity index (χ1v) is 11.1. The van der Waals surface area contributed by atoms with Crippen LogP contribution in [0.15, 0.2) is 17.5 Å². The molecule has 0 aliphatic carbocycles. The highest BCUT2D eigenvalue weighted by atomic mass is 32.1. The van der Waals surface area contributed by atoms with Crippen LogP contribution in [0.3, 0.4) is 0 Å². The molecule has 7 heteroatoms. The molecule has 3 rings (SSSR count). The lowest BCUT2D eigenvalue weighted by Gasteiger charge is -2.41. The number of thiophene rings is 1. The van der Waals surface area contributed by atoms with Gasteiger partial charge in [-0.2, -0.15) is 0 Å². The quantitative estimate of drug-likeness (QED) is 0.778. The number of carbonyl (C=O) groups excluding carboxylic acids is 2. The SMILES string of the molecule is CCN1CCN([C@H](c2cccs2)[C@@H](C)NC(=O)C(=O)N2CCCCC2)CC1. The molecule has 2 aliphatic heterocycles. The Labute approximate surface area is 166 Å². The molecule has 2 fully saturated rings. The van der Waals surface area contributed by atoms with Gasteiger partial charge in [0.25, 0.3) is 0 Å². The van der Waals surface area contributed by atoms with Crippen molar-refractivity contribution in [3.8, 4) is 0 Å². The van der Waals surface area contributed by atoms with Crippen LogP contribution in [0.25, 0.3) is 0 Å². The largest absolute Gasteiger partial charge is 0.343 e. The van der Waals surface area contributed by atoms with Crippen molar-refractivity contribution in [2.75, 3.05) is 45.8 Å². The fourth-order valence-corrected chi connectivity index (χ4v) is 5.11. The molecular formula is C20H32N4O2S. The van der Waals surface area contributed by atoms with Crippen LogP contribution in [0.1, 0.15) is 44.0 Å². The van der Waals surface area contributed by atoms with Crippen molar-refractivity contribution in [1.29, 1.82) is 0 Å². The molecule has 0 radical (unpaired) electrons. The molecular weight excluding hydrogens is 360 g/mol. The highest BCUT2D eigenvalue weighted by Gasteiger charge is 2.32. The Kier molecular flexibility index (Phi) is 7.26. The van der Waals surface area contributed by atoms with Crippen LogP contribution in [0.4, 0.5) is 0 Å². The van der Waals surface area contributed by atoms with E-state index in [4.69, 9.17) is 0 Å². The van der Waals surface area contributed by atoms with Crippen molar-refractivity contribution >= 4 is 23.2 Å². The van der Waals surface area contributed by atoms with Crippen LogP contribution >= 0.6 is 11.3 Å². The van der Waals surface area contributed by atoms with Crippen LogP contribution in [0.5, 0.6) is 0 Å². The van der Waals surface area contributed by atoms with Gasteiger partial charge in [0.15, 0.2) is 0 Å². The molecule has 2 aliphatic rings. The van der Waals surface area contributed by atoms with Crippen LogP contribution < -0.4 is 5.32 Å². The fraction of sp³-hybridized carbons (Fsp3) is 0.700. The Morgan fingerprint density at radius 3 is 2.41 bits per heavy atom. The number of likely N-dealkylation sites (tertiary alicyclic amines) is 1. The highest BCUT2D eigenvalue weighted by molar-refractivity contribution is 7.10. The summed E-state index contributed by atoms with van der Waals surface area (Å²) in [7, 11) is 0. The van der Waals surface area contributed by atoms with Gasteiger partial charge < -0.3 is 15.1 Å². The molecule has 0 spiro atoms. The summed E-state index contributed by atoms with van der Waals surface area (Å²) < 4.78 is 0. The third-order valence-corrected chi connectivity index (χ3v) is 6.70. The number of amides is 2. The number of likely N-dealkylation sites (N-methyl/N-ethyl adjacent to an activating group) is 1. The zero-order chi connectivity index (χ0) is 19.2. The summed E-state index contributed by atoms with van der Waals surface area (Å²) in [5.74, 6) is -0.833. The number of hydrogen-bond acceptors (Lipinski definition) is 5. The minimum absolute atomic E-state index is 0.113. The molecule has 3 heterocycles. The molecule has 1 N–H and O–H groups in total. The lowest BCUT2D eigenvalue weighted by atomic mass is 10.0. The lowest BCUT2D eigenvalue weighted by molar-refractivity contribution is -0.147. The zero-order valence-corrected chi connectivity index (χ0v) is 17.3. The van der Waals surface area contributed by atoms with Gasteiger partial charge in [-0.15, -0.1) is 11.3 Å². The van der Waals surface area contributed by atoms with Crippen molar-refractivity contribution in [1.82, 2.24) is 20.0 Å². The maximum Gasteiger partial charge on any atom is 0.311 e. The van der Waals surface area contributed by atoms with E-state index in [9.17, 15) is 9.59 Å². The first-order chi connectivity index (χ1) is 13.1. The fourth-order valence-electron chi connectivity index (χ4n) is 4.15. The first-order valence-electron chi connectivity index (χ1n) is 10.2. The average molecular weight is 393 g/mol. The highest BCUT2D eigenvalue weighted by Crippen LogP contribution is 2.29. The number of carbonyl (C=O) groups is 2. The summed E-state index contributed by atoms with van der Waals surface area (Å²) in [5, 5.41) is 5.09. The molecule has 6 nitrogen and oxygen atoms in total. The summed E-state index contributed by atoms with van der Waals surface area (Å²) in [5.41, 5.74) is 0. The summed E-state index contributed by atoms with van der Waals surface area (Å²) in [6, 6.07) is 4.19. The summed E-state index contributed by atoms with van der Waals surface area (Å²) in [4.78, 5) is 32.9. The Balaban J connectivity index is 1.65. The zero-order valence-electron chi connectivity index (χ0n) is 16.5. The molecule has 27 heavy (non-hydrogen) atoms. The van der Waals surface area contributed by atoms with Gasteiger partial charge in [-0.3, -0.25) is 14.5 Å². The van der Waals surface area contributed by atoms with Gasteiger partial charge in [-0.25, -0.2) is 0 Å². The second kappa shape index (κ2) is 9.66. The molecule has 2 amide bonds. The van der Waals surface area contributed by atoms with E-state index < -0.39 is 5.91 Å². The topological polar surface area (TPSA) is 55.9 Å². The third kappa shape index (κ3) is 5.09. The van der Waals surface area contributed by atoms with Gasteiger partial charge in [-0.05, 0) is 44.2 Å². The number of piperidine rings is 1. The minimum atomic E-state index is -0.460. The van der Waals surface area contributed by atoms with Crippen molar-refractivity contribution in [2.24, 2.45) is 0 Å². The molecule has 0 unspecified atom stereocenters. The smallest absolute Gasteiger partial charge is 0.311 e. The lowest BCUT2D eigenvalue weighted by Crippen LogP contribution is -2.54. The van der Waals surface area contributed by atoms with Crippen LogP contribution in [0, 0.1) is 0 Å². The third-order valence-electron chi connectivity index (χ3n) is 5.75. The van der Waals surface area contributed by atoms with Crippen molar-refractivity contribution in [2.45, 2.75) is 45.2 Å². The van der Waals surface area contributed by atoms with Crippen molar-refractivity contribution < 1.29 is 9.59 Å².